The highest BCUT2D eigenvalue weighted by molar-refractivity contribution is 8.00. The van der Waals surface area contributed by atoms with Crippen molar-refractivity contribution in [1.82, 2.24) is 15.2 Å². The molecular formula is C15H20N4OS. The third kappa shape index (κ3) is 3.85. The van der Waals surface area contributed by atoms with E-state index in [0.717, 1.165) is 17.9 Å². The Morgan fingerprint density at radius 3 is 2.62 bits per heavy atom. The minimum absolute atomic E-state index is 0.0662. The first-order valence-electron chi connectivity index (χ1n) is 7.10. The van der Waals surface area contributed by atoms with Gasteiger partial charge >= 0.3 is 0 Å². The summed E-state index contributed by atoms with van der Waals surface area (Å²) in [7, 11) is 0. The minimum atomic E-state index is -0.231. The van der Waals surface area contributed by atoms with Crippen LogP contribution in [0.3, 0.4) is 0 Å². The monoisotopic (exact) mass is 304 g/mol. The summed E-state index contributed by atoms with van der Waals surface area (Å²) in [6.45, 7) is 6.52. The average Bonchev–Trinajstić information content (AvgIpc) is 2.96. The second kappa shape index (κ2) is 7.26. The molecule has 0 saturated carbocycles. The zero-order valence-corrected chi connectivity index (χ0v) is 13.4. The van der Waals surface area contributed by atoms with Crippen LogP contribution in [0.15, 0.2) is 35.5 Å². The Hall–Kier alpha value is -1.82. The SMILES string of the molecule is CCc1nc(SC(C)C(=O)N(CC)c2ccccc2)n[nH]1. The lowest BCUT2D eigenvalue weighted by Crippen LogP contribution is -2.36. The summed E-state index contributed by atoms with van der Waals surface area (Å²) >= 11 is 1.38. The maximum absolute atomic E-state index is 12.6. The summed E-state index contributed by atoms with van der Waals surface area (Å²) in [6, 6.07) is 9.71. The van der Waals surface area contributed by atoms with Gasteiger partial charge in [0, 0.05) is 18.7 Å². The van der Waals surface area contributed by atoms with Crippen LogP contribution in [0.2, 0.25) is 0 Å². The van der Waals surface area contributed by atoms with E-state index in [0.29, 0.717) is 11.7 Å². The van der Waals surface area contributed by atoms with Crippen molar-refractivity contribution in [1.29, 1.82) is 0 Å². The Morgan fingerprint density at radius 1 is 1.33 bits per heavy atom. The number of aryl methyl sites for hydroxylation is 1. The van der Waals surface area contributed by atoms with Gasteiger partial charge in [-0.15, -0.1) is 5.10 Å². The Labute approximate surface area is 129 Å². The van der Waals surface area contributed by atoms with Crippen molar-refractivity contribution >= 4 is 23.4 Å². The first kappa shape index (κ1) is 15.6. The lowest BCUT2D eigenvalue weighted by molar-refractivity contribution is -0.117. The van der Waals surface area contributed by atoms with Crippen molar-refractivity contribution in [2.75, 3.05) is 11.4 Å². The van der Waals surface area contributed by atoms with Gasteiger partial charge in [0.25, 0.3) is 0 Å². The number of thioether (sulfide) groups is 1. The van der Waals surface area contributed by atoms with Crippen molar-refractivity contribution in [3.63, 3.8) is 0 Å². The number of carbonyl (C=O) groups is 1. The minimum Gasteiger partial charge on any atom is -0.312 e. The van der Waals surface area contributed by atoms with Crippen LogP contribution in [-0.2, 0) is 11.2 Å². The van der Waals surface area contributed by atoms with E-state index in [2.05, 4.69) is 15.2 Å². The molecule has 0 aliphatic carbocycles. The number of rotatable bonds is 6. The number of para-hydroxylation sites is 1. The van der Waals surface area contributed by atoms with Gasteiger partial charge in [0.1, 0.15) is 5.82 Å². The fourth-order valence-corrected chi connectivity index (χ4v) is 2.80. The zero-order valence-electron chi connectivity index (χ0n) is 12.5. The fraction of sp³-hybridized carbons (Fsp3) is 0.400. The summed E-state index contributed by atoms with van der Waals surface area (Å²) in [5.74, 6) is 0.907. The van der Waals surface area contributed by atoms with Crippen LogP contribution < -0.4 is 4.90 Å². The number of H-pyrrole nitrogens is 1. The van der Waals surface area contributed by atoms with Crippen LogP contribution in [-0.4, -0.2) is 32.9 Å². The van der Waals surface area contributed by atoms with Crippen molar-refractivity contribution in [3.8, 4) is 0 Å². The molecule has 0 radical (unpaired) electrons. The van der Waals surface area contributed by atoms with Gasteiger partial charge < -0.3 is 4.90 Å². The van der Waals surface area contributed by atoms with Gasteiger partial charge in [-0.05, 0) is 26.0 Å². The molecule has 1 atom stereocenters. The van der Waals surface area contributed by atoms with Crippen LogP contribution >= 0.6 is 11.8 Å². The molecule has 5 nitrogen and oxygen atoms in total. The molecule has 1 aromatic carbocycles. The number of nitrogens with zero attached hydrogens (tertiary/aromatic N) is 3. The second-order valence-corrected chi connectivity index (χ2v) is 5.90. The summed E-state index contributed by atoms with van der Waals surface area (Å²) < 4.78 is 0. The Morgan fingerprint density at radius 2 is 2.05 bits per heavy atom. The lowest BCUT2D eigenvalue weighted by atomic mass is 10.2. The molecule has 1 unspecified atom stereocenters. The topological polar surface area (TPSA) is 61.9 Å². The number of aromatic amines is 1. The highest BCUT2D eigenvalue weighted by Crippen LogP contribution is 2.23. The van der Waals surface area contributed by atoms with Crippen molar-refractivity contribution in [2.45, 2.75) is 37.6 Å². The van der Waals surface area contributed by atoms with Gasteiger partial charge in [-0.3, -0.25) is 9.89 Å². The second-order valence-electron chi connectivity index (χ2n) is 4.60. The Bertz CT molecular complexity index is 584. The fourth-order valence-electron chi connectivity index (χ4n) is 1.99. The largest absolute Gasteiger partial charge is 0.312 e. The molecule has 0 aliphatic rings. The number of anilines is 1. The van der Waals surface area contributed by atoms with Crippen LogP contribution in [0.1, 0.15) is 26.6 Å². The van der Waals surface area contributed by atoms with Gasteiger partial charge in [0.2, 0.25) is 11.1 Å². The predicted molar refractivity (Wildman–Crippen MR) is 85.5 cm³/mol. The number of benzene rings is 1. The molecule has 0 aliphatic heterocycles. The molecule has 2 rings (SSSR count). The quantitative estimate of drug-likeness (QED) is 0.834. The maximum Gasteiger partial charge on any atom is 0.240 e. The van der Waals surface area contributed by atoms with Crippen LogP contribution in [0.25, 0.3) is 0 Å². The molecular weight excluding hydrogens is 284 g/mol. The molecule has 112 valence electrons. The van der Waals surface area contributed by atoms with E-state index in [-0.39, 0.29) is 11.2 Å². The van der Waals surface area contributed by atoms with Gasteiger partial charge in [-0.2, -0.15) is 0 Å². The summed E-state index contributed by atoms with van der Waals surface area (Å²) in [5.41, 5.74) is 0.918. The number of amides is 1. The molecule has 0 bridgehead atoms. The summed E-state index contributed by atoms with van der Waals surface area (Å²) in [6.07, 6.45) is 0.807. The molecule has 21 heavy (non-hydrogen) atoms. The molecule has 1 heterocycles. The van der Waals surface area contributed by atoms with E-state index in [1.54, 1.807) is 4.90 Å². The van der Waals surface area contributed by atoms with Gasteiger partial charge in [0.05, 0.1) is 5.25 Å². The zero-order chi connectivity index (χ0) is 15.2. The molecule has 0 saturated heterocycles. The van der Waals surface area contributed by atoms with E-state index < -0.39 is 0 Å². The van der Waals surface area contributed by atoms with Crippen molar-refractivity contribution in [2.24, 2.45) is 0 Å². The van der Waals surface area contributed by atoms with E-state index in [1.807, 2.05) is 51.1 Å². The van der Waals surface area contributed by atoms with E-state index in [1.165, 1.54) is 11.8 Å². The normalized spacial score (nSPS) is 12.1. The number of aromatic nitrogens is 3. The molecule has 1 aromatic heterocycles. The molecule has 1 amide bonds. The summed E-state index contributed by atoms with van der Waals surface area (Å²) in [5, 5.41) is 7.38. The van der Waals surface area contributed by atoms with Gasteiger partial charge in [-0.1, -0.05) is 36.9 Å². The highest BCUT2D eigenvalue weighted by Gasteiger charge is 2.23. The lowest BCUT2D eigenvalue weighted by Gasteiger charge is -2.23. The van der Waals surface area contributed by atoms with Gasteiger partial charge in [0.15, 0.2) is 0 Å². The predicted octanol–water partition coefficient (Wildman–Crippen LogP) is 2.90. The first-order valence-corrected chi connectivity index (χ1v) is 7.98. The van der Waals surface area contributed by atoms with E-state index in [4.69, 9.17) is 0 Å². The van der Waals surface area contributed by atoms with Crippen LogP contribution in [0.4, 0.5) is 5.69 Å². The van der Waals surface area contributed by atoms with Gasteiger partial charge in [-0.25, -0.2) is 4.98 Å². The van der Waals surface area contributed by atoms with E-state index >= 15 is 0 Å². The first-order chi connectivity index (χ1) is 10.2. The molecule has 1 N–H and O–H groups in total. The smallest absolute Gasteiger partial charge is 0.240 e. The standard InChI is InChI=1S/C15H20N4OS/c1-4-13-16-15(18-17-13)21-11(3)14(20)19(5-2)12-9-7-6-8-10-12/h6-11H,4-5H2,1-3H3,(H,16,17,18). The number of hydrogen-bond acceptors (Lipinski definition) is 4. The molecule has 6 heteroatoms. The number of carbonyl (C=O) groups excluding carboxylic acids is 1. The third-order valence-corrected chi connectivity index (χ3v) is 4.07. The van der Waals surface area contributed by atoms with E-state index in [9.17, 15) is 4.79 Å². The highest BCUT2D eigenvalue weighted by atomic mass is 32.2. The molecule has 2 aromatic rings. The van der Waals surface area contributed by atoms with Crippen LogP contribution in [0.5, 0.6) is 0 Å². The average molecular weight is 304 g/mol. The number of nitrogens with one attached hydrogen (secondary N) is 1. The van der Waals surface area contributed by atoms with Crippen LogP contribution in [0, 0.1) is 0 Å². The summed E-state index contributed by atoms with van der Waals surface area (Å²) in [4.78, 5) is 18.7. The Balaban J connectivity index is 2.06. The Kier molecular flexibility index (Phi) is 5.38. The maximum atomic E-state index is 12.6. The van der Waals surface area contributed by atoms with Crippen molar-refractivity contribution < 1.29 is 4.79 Å². The van der Waals surface area contributed by atoms with Crippen molar-refractivity contribution in [3.05, 3.63) is 36.2 Å². The molecule has 0 spiro atoms. The molecule has 0 fully saturated rings. The number of hydrogen-bond donors (Lipinski definition) is 1. The third-order valence-electron chi connectivity index (χ3n) is 3.13.